The molecular formula is C24H20ClN3O3S. The van der Waals surface area contributed by atoms with Gasteiger partial charge in [-0.3, -0.25) is 9.59 Å². The first-order chi connectivity index (χ1) is 15.3. The Labute approximate surface area is 195 Å². The second kappa shape index (κ2) is 10.3. The summed E-state index contributed by atoms with van der Waals surface area (Å²) in [4.78, 5) is 29.3. The van der Waals surface area contributed by atoms with Crippen LogP contribution in [0.1, 0.15) is 28.5 Å². The number of methoxy groups -OCH3 is 1. The van der Waals surface area contributed by atoms with E-state index in [2.05, 4.69) is 16.4 Å². The van der Waals surface area contributed by atoms with Gasteiger partial charge in [0.05, 0.1) is 24.1 Å². The first kappa shape index (κ1) is 23.3. The van der Waals surface area contributed by atoms with Crippen molar-refractivity contribution in [3.05, 3.63) is 70.4 Å². The van der Waals surface area contributed by atoms with Crippen LogP contribution in [0.4, 0.5) is 5.69 Å². The number of Topliss-reactive ketones (excluding diaryl/α,β-unsaturated/α-hetero) is 1. The smallest absolute Gasteiger partial charge is 0.234 e. The van der Waals surface area contributed by atoms with E-state index in [1.54, 1.807) is 62.6 Å². The number of ketones is 1. The maximum absolute atomic E-state index is 12.4. The molecule has 0 fully saturated rings. The fourth-order valence-electron chi connectivity index (χ4n) is 3.23. The first-order valence-corrected chi connectivity index (χ1v) is 11.0. The number of carbonyl (C=O) groups is 2. The van der Waals surface area contributed by atoms with Crippen molar-refractivity contribution in [1.29, 1.82) is 5.26 Å². The highest BCUT2D eigenvalue weighted by Gasteiger charge is 2.23. The fraction of sp³-hybridized carbons (Fsp3) is 0.167. The van der Waals surface area contributed by atoms with Crippen molar-refractivity contribution in [2.45, 2.75) is 18.9 Å². The van der Waals surface area contributed by atoms with Crippen molar-refractivity contribution in [3.63, 3.8) is 0 Å². The number of nitrogens with zero attached hydrogens (tertiary/aromatic N) is 2. The molecule has 32 heavy (non-hydrogen) atoms. The summed E-state index contributed by atoms with van der Waals surface area (Å²) in [5.74, 6) is 0.276. The maximum Gasteiger partial charge on any atom is 0.234 e. The molecule has 0 aliphatic rings. The van der Waals surface area contributed by atoms with Crippen molar-refractivity contribution in [1.82, 2.24) is 4.98 Å². The van der Waals surface area contributed by atoms with Gasteiger partial charge in [0.2, 0.25) is 5.91 Å². The van der Waals surface area contributed by atoms with E-state index in [4.69, 9.17) is 16.3 Å². The molecule has 0 atom stereocenters. The highest BCUT2D eigenvalue weighted by atomic mass is 35.5. The van der Waals surface area contributed by atoms with Crippen LogP contribution in [-0.4, -0.2) is 29.5 Å². The molecule has 162 valence electrons. The zero-order valence-electron chi connectivity index (χ0n) is 17.7. The van der Waals surface area contributed by atoms with Crippen LogP contribution in [0.25, 0.3) is 11.1 Å². The van der Waals surface area contributed by atoms with Gasteiger partial charge in [-0.25, -0.2) is 4.98 Å². The fourth-order valence-corrected chi connectivity index (χ4v) is 4.19. The van der Waals surface area contributed by atoms with Crippen LogP contribution in [0, 0.1) is 18.3 Å². The van der Waals surface area contributed by atoms with Gasteiger partial charge >= 0.3 is 0 Å². The minimum Gasteiger partial charge on any atom is -0.497 e. The maximum atomic E-state index is 12.4. The number of thioether (sulfide) groups is 1. The molecule has 1 heterocycles. The topological polar surface area (TPSA) is 92.1 Å². The average molecular weight is 466 g/mol. The van der Waals surface area contributed by atoms with E-state index in [9.17, 15) is 14.9 Å². The summed E-state index contributed by atoms with van der Waals surface area (Å²) in [6.07, 6.45) is 0. The van der Waals surface area contributed by atoms with Crippen LogP contribution >= 0.6 is 23.4 Å². The Morgan fingerprint density at radius 3 is 2.38 bits per heavy atom. The van der Waals surface area contributed by atoms with E-state index in [-0.39, 0.29) is 23.0 Å². The number of nitrogens with one attached hydrogen (secondary N) is 1. The Morgan fingerprint density at radius 2 is 1.81 bits per heavy atom. The number of carbonyl (C=O) groups excluding carboxylic acids is 2. The Balaban J connectivity index is 1.94. The quantitative estimate of drug-likeness (QED) is 0.364. The number of benzene rings is 2. The highest BCUT2D eigenvalue weighted by Crippen LogP contribution is 2.35. The lowest BCUT2D eigenvalue weighted by atomic mass is 9.93. The third kappa shape index (κ3) is 5.28. The number of rotatable bonds is 7. The van der Waals surface area contributed by atoms with Gasteiger partial charge < -0.3 is 10.1 Å². The second-order valence-electron chi connectivity index (χ2n) is 6.87. The Kier molecular flexibility index (Phi) is 7.52. The molecule has 0 aliphatic carbocycles. The van der Waals surface area contributed by atoms with E-state index in [1.165, 1.54) is 6.92 Å². The molecule has 0 unspecified atom stereocenters. The summed E-state index contributed by atoms with van der Waals surface area (Å²) < 4.78 is 5.21. The first-order valence-electron chi connectivity index (χ1n) is 9.62. The number of aryl methyl sites for hydroxylation is 1. The van der Waals surface area contributed by atoms with E-state index >= 15 is 0 Å². The average Bonchev–Trinajstić information content (AvgIpc) is 2.78. The molecule has 3 aromatic rings. The van der Waals surface area contributed by atoms with E-state index in [0.29, 0.717) is 43.9 Å². The minimum atomic E-state index is -0.248. The molecule has 0 spiro atoms. The van der Waals surface area contributed by atoms with Crippen LogP contribution in [0.2, 0.25) is 5.02 Å². The van der Waals surface area contributed by atoms with Gasteiger partial charge in [0.1, 0.15) is 16.8 Å². The molecule has 2 aromatic carbocycles. The van der Waals surface area contributed by atoms with Gasteiger partial charge in [-0.15, -0.1) is 0 Å². The molecule has 0 saturated carbocycles. The van der Waals surface area contributed by atoms with Crippen molar-refractivity contribution in [2.75, 3.05) is 18.2 Å². The normalized spacial score (nSPS) is 10.3. The molecular weight excluding hydrogens is 446 g/mol. The summed E-state index contributed by atoms with van der Waals surface area (Å²) in [5.41, 5.74) is 2.98. The van der Waals surface area contributed by atoms with Crippen molar-refractivity contribution >= 4 is 40.7 Å². The third-order valence-electron chi connectivity index (χ3n) is 4.66. The van der Waals surface area contributed by atoms with Crippen molar-refractivity contribution in [3.8, 4) is 22.9 Å². The summed E-state index contributed by atoms with van der Waals surface area (Å²) in [6, 6.07) is 16.1. The number of hydrogen-bond donors (Lipinski definition) is 1. The lowest BCUT2D eigenvalue weighted by Gasteiger charge is -2.16. The molecule has 0 aliphatic heterocycles. The van der Waals surface area contributed by atoms with Crippen LogP contribution < -0.4 is 10.1 Å². The standard InChI is InChI=1S/C24H20ClN3O3S/c1-14-22(15(2)29)23(16-4-10-19(31-3)11-5-16)20(12-26)24(27-14)32-13-21(30)28-18-8-6-17(25)7-9-18/h4-11H,13H2,1-3H3,(H,28,30). The van der Waals surface area contributed by atoms with Gasteiger partial charge in [0.25, 0.3) is 0 Å². The van der Waals surface area contributed by atoms with Crippen LogP contribution in [0.5, 0.6) is 5.75 Å². The second-order valence-corrected chi connectivity index (χ2v) is 8.27. The summed E-state index contributed by atoms with van der Waals surface area (Å²) in [7, 11) is 1.57. The highest BCUT2D eigenvalue weighted by molar-refractivity contribution is 8.00. The van der Waals surface area contributed by atoms with Gasteiger partial charge in [-0.05, 0) is 55.8 Å². The molecule has 1 amide bonds. The van der Waals surface area contributed by atoms with Gasteiger partial charge in [0, 0.05) is 21.8 Å². The Hall–Kier alpha value is -3.34. The largest absolute Gasteiger partial charge is 0.497 e. The Morgan fingerprint density at radius 1 is 1.16 bits per heavy atom. The van der Waals surface area contributed by atoms with Crippen molar-refractivity contribution in [2.24, 2.45) is 0 Å². The number of halogens is 1. The summed E-state index contributed by atoms with van der Waals surface area (Å²) >= 11 is 7.01. The SMILES string of the molecule is COc1ccc(-c2c(C#N)c(SCC(=O)Nc3ccc(Cl)cc3)nc(C)c2C(C)=O)cc1. The number of nitriles is 1. The molecule has 1 aromatic heterocycles. The van der Waals surface area contributed by atoms with Crippen LogP contribution in [0.15, 0.2) is 53.6 Å². The Bertz CT molecular complexity index is 1200. The predicted octanol–water partition coefficient (Wildman–Crippen LogP) is 5.52. The van der Waals surface area contributed by atoms with Crippen molar-refractivity contribution < 1.29 is 14.3 Å². The number of anilines is 1. The van der Waals surface area contributed by atoms with Crippen LogP contribution in [-0.2, 0) is 4.79 Å². The number of ether oxygens (including phenoxy) is 1. The number of amides is 1. The lowest BCUT2D eigenvalue weighted by molar-refractivity contribution is -0.113. The number of hydrogen-bond acceptors (Lipinski definition) is 6. The van der Waals surface area contributed by atoms with Gasteiger partial charge in [-0.2, -0.15) is 5.26 Å². The van der Waals surface area contributed by atoms with Gasteiger partial charge in [0.15, 0.2) is 5.78 Å². The van der Waals surface area contributed by atoms with Crippen LogP contribution in [0.3, 0.4) is 0 Å². The zero-order chi connectivity index (χ0) is 23.3. The van der Waals surface area contributed by atoms with E-state index in [0.717, 1.165) is 11.8 Å². The molecule has 3 rings (SSSR count). The monoisotopic (exact) mass is 465 g/mol. The summed E-state index contributed by atoms with van der Waals surface area (Å²) in [6.45, 7) is 3.17. The van der Waals surface area contributed by atoms with Gasteiger partial charge in [-0.1, -0.05) is 35.5 Å². The van der Waals surface area contributed by atoms with E-state index in [1.807, 2.05) is 0 Å². The predicted molar refractivity (Wildman–Crippen MR) is 126 cm³/mol. The number of aromatic nitrogens is 1. The summed E-state index contributed by atoms with van der Waals surface area (Å²) in [5, 5.41) is 13.7. The van der Waals surface area contributed by atoms with E-state index < -0.39 is 0 Å². The molecule has 0 bridgehead atoms. The third-order valence-corrected chi connectivity index (χ3v) is 5.88. The molecule has 8 heteroatoms. The molecule has 0 radical (unpaired) electrons. The molecule has 0 saturated heterocycles. The lowest BCUT2D eigenvalue weighted by Crippen LogP contribution is -2.14. The molecule has 6 nitrogen and oxygen atoms in total. The minimum absolute atomic E-state index is 0.0468. The zero-order valence-corrected chi connectivity index (χ0v) is 19.3. The number of pyridine rings is 1. The molecule has 1 N–H and O–H groups in total.